The Morgan fingerprint density at radius 1 is 1.04 bits per heavy atom. The lowest BCUT2D eigenvalue weighted by Gasteiger charge is -2.21. The summed E-state index contributed by atoms with van der Waals surface area (Å²) in [5.41, 5.74) is 8.03. The summed E-state index contributed by atoms with van der Waals surface area (Å²) in [7, 11) is 1.79. The fraction of sp³-hybridized carbons (Fsp3) is 0.316. The number of nitrogens with two attached hydrogens (primary N) is 1. The normalized spacial score (nSPS) is 10.5. The number of rotatable bonds is 8. The average Bonchev–Trinajstić information content (AvgIpc) is 2.61. The van der Waals surface area contributed by atoms with Crippen molar-refractivity contribution in [2.75, 3.05) is 25.1 Å². The number of hydrogen-bond donors (Lipinski definition) is 1. The number of carbonyl (C=O) groups is 1. The minimum Gasteiger partial charge on any atom is -0.377 e. The molecule has 0 heterocycles. The first-order valence-electron chi connectivity index (χ1n) is 7.93. The molecule has 0 aliphatic heterocycles. The third-order valence-electron chi connectivity index (χ3n) is 3.68. The van der Waals surface area contributed by atoms with Gasteiger partial charge in [0.15, 0.2) is 0 Å². The molecule has 0 spiro atoms. The first-order valence-corrected chi connectivity index (χ1v) is 7.93. The third kappa shape index (κ3) is 4.91. The number of anilines is 1. The Bertz CT molecular complexity index is 614. The quantitative estimate of drug-likeness (QED) is 0.761. The fourth-order valence-electron chi connectivity index (χ4n) is 2.37. The van der Waals surface area contributed by atoms with Gasteiger partial charge in [0.1, 0.15) is 0 Å². The van der Waals surface area contributed by atoms with Crippen molar-refractivity contribution >= 4 is 11.6 Å². The summed E-state index contributed by atoms with van der Waals surface area (Å²) in [6.07, 6.45) is 1.92. The van der Waals surface area contributed by atoms with Crippen LogP contribution in [0.25, 0.3) is 0 Å². The van der Waals surface area contributed by atoms with Crippen molar-refractivity contribution in [2.45, 2.75) is 19.4 Å². The van der Waals surface area contributed by atoms with Gasteiger partial charge in [-0.05, 0) is 37.6 Å². The lowest BCUT2D eigenvalue weighted by molar-refractivity contribution is 0.0990. The average molecular weight is 312 g/mol. The van der Waals surface area contributed by atoms with Crippen LogP contribution in [-0.4, -0.2) is 26.1 Å². The Hall–Kier alpha value is -2.17. The van der Waals surface area contributed by atoms with Gasteiger partial charge in [0, 0.05) is 30.5 Å². The van der Waals surface area contributed by atoms with Crippen LogP contribution in [0, 0.1) is 0 Å². The molecule has 0 fully saturated rings. The number of ether oxygens (including phenoxy) is 1. The molecular weight excluding hydrogens is 288 g/mol. The molecule has 0 saturated heterocycles. The van der Waals surface area contributed by atoms with E-state index in [-0.39, 0.29) is 5.91 Å². The highest BCUT2D eigenvalue weighted by atomic mass is 16.5. The number of benzene rings is 2. The van der Waals surface area contributed by atoms with Gasteiger partial charge >= 0.3 is 0 Å². The van der Waals surface area contributed by atoms with Gasteiger partial charge in [-0.15, -0.1) is 0 Å². The summed E-state index contributed by atoms with van der Waals surface area (Å²) in [6.45, 7) is 1.86. The Labute approximate surface area is 137 Å². The predicted octanol–water partition coefficient (Wildman–Crippen LogP) is 3.22. The van der Waals surface area contributed by atoms with Gasteiger partial charge in [-0.1, -0.05) is 36.4 Å². The molecule has 122 valence electrons. The molecule has 0 aliphatic rings. The van der Waals surface area contributed by atoms with Gasteiger partial charge in [-0.25, -0.2) is 0 Å². The van der Waals surface area contributed by atoms with Crippen LogP contribution in [0.1, 0.15) is 28.8 Å². The van der Waals surface area contributed by atoms with Crippen LogP contribution in [0.3, 0.4) is 0 Å². The van der Waals surface area contributed by atoms with E-state index in [1.165, 1.54) is 0 Å². The maximum Gasteiger partial charge on any atom is 0.258 e. The van der Waals surface area contributed by atoms with Gasteiger partial charge in [-0.2, -0.15) is 0 Å². The molecule has 23 heavy (non-hydrogen) atoms. The molecule has 0 aliphatic carbocycles. The first kappa shape index (κ1) is 17.2. The predicted molar refractivity (Wildman–Crippen MR) is 93.6 cm³/mol. The van der Waals surface area contributed by atoms with Gasteiger partial charge in [0.05, 0.1) is 6.61 Å². The summed E-state index contributed by atoms with van der Waals surface area (Å²) in [4.78, 5) is 14.3. The third-order valence-corrected chi connectivity index (χ3v) is 3.68. The molecule has 4 nitrogen and oxygen atoms in total. The van der Waals surface area contributed by atoms with Crippen LogP contribution < -0.4 is 10.6 Å². The van der Waals surface area contributed by atoms with Crippen molar-refractivity contribution in [1.82, 2.24) is 0 Å². The molecular formula is C19H24N2O2. The fourth-order valence-corrected chi connectivity index (χ4v) is 2.37. The Kier molecular flexibility index (Phi) is 6.78. The van der Waals surface area contributed by atoms with Gasteiger partial charge in [0.25, 0.3) is 5.91 Å². The van der Waals surface area contributed by atoms with Gasteiger partial charge in [0.2, 0.25) is 0 Å². The SMILES string of the molecule is CN(C(=O)c1ccccc1)c1ccccc1COCCCCN. The van der Waals surface area contributed by atoms with Crippen molar-refractivity contribution < 1.29 is 9.53 Å². The van der Waals surface area contributed by atoms with Crippen molar-refractivity contribution in [3.63, 3.8) is 0 Å². The number of amides is 1. The van der Waals surface area contributed by atoms with Crippen LogP contribution >= 0.6 is 0 Å². The highest BCUT2D eigenvalue weighted by Crippen LogP contribution is 2.22. The first-order chi connectivity index (χ1) is 11.2. The van der Waals surface area contributed by atoms with Gasteiger partial charge < -0.3 is 15.4 Å². The molecule has 1 amide bonds. The highest BCUT2D eigenvalue weighted by Gasteiger charge is 2.15. The maximum atomic E-state index is 12.6. The number of hydrogen-bond acceptors (Lipinski definition) is 3. The second-order valence-electron chi connectivity index (χ2n) is 5.41. The van der Waals surface area contributed by atoms with Crippen LogP contribution in [0.2, 0.25) is 0 Å². The zero-order chi connectivity index (χ0) is 16.5. The lowest BCUT2D eigenvalue weighted by atomic mass is 10.1. The second-order valence-corrected chi connectivity index (χ2v) is 5.41. The molecule has 0 bridgehead atoms. The number of unbranched alkanes of at least 4 members (excludes halogenated alkanes) is 1. The van der Waals surface area contributed by atoms with Crippen LogP contribution in [0.15, 0.2) is 54.6 Å². The van der Waals surface area contributed by atoms with E-state index in [1.807, 2.05) is 54.6 Å². The number of nitrogens with zero attached hydrogens (tertiary/aromatic N) is 1. The number of carbonyl (C=O) groups excluding carboxylic acids is 1. The summed E-state index contributed by atoms with van der Waals surface area (Å²) in [5.74, 6) is -0.0267. The van der Waals surface area contributed by atoms with Crippen LogP contribution in [0.4, 0.5) is 5.69 Å². The van der Waals surface area contributed by atoms with E-state index in [1.54, 1.807) is 11.9 Å². The van der Waals surface area contributed by atoms with E-state index in [0.717, 1.165) is 24.1 Å². The molecule has 4 heteroatoms. The minimum absolute atomic E-state index is 0.0267. The Morgan fingerprint density at radius 3 is 2.48 bits per heavy atom. The molecule has 0 radical (unpaired) electrons. The van der Waals surface area contributed by atoms with Gasteiger partial charge in [-0.3, -0.25) is 4.79 Å². The Balaban J connectivity index is 2.05. The van der Waals surface area contributed by atoms with E-state index in [2.05, 4.69) is 0 Å². The summed E-state index contributed by atoms with van der Waals surface area (Å²) in [5, 5.41) is 0. The largest absolute Gasteiger partial charge is 0.377 e. The molecule has 0 unspecified atom stereocenters. The second kappa shape index (κ2) is 9.08. The maximum absolute atomic E-state index is 12.6. The molecule has 0 saturated carbocycles. The summed E-state index contributed by atoms with van der Waals surface area (Å²) < 4.78 is 5.70. The molecule has 0 aromatic heterocycles. The van der Waals surface area contributed by atoms with Crippen molar-refractivity contribution in [3.8, 4) is 0 Å². The molecule has 2 aromatic carbocycles. The van der Waals surface area contributed by atoms with E-state index in [0.29, 0.717) is 25.3 Å². The van der Waals surface area contributed by atoms with Crippen LogP contribution in [-0.2, 0) is 11.3 Å². The smallest absolute Gasteiger partial charge is 0.258 e. The topological polar surface area (TPSA) is 55.6 Å². The van der Waals surface area contributed by atoms with E-state index in [9.17, 15) is 4.79 Å². The van der Waals surface area contributed by atoms with Crippen molar-refractivity contribution in [3.05, 3.63) is 65.7 Å². The highest BCUT2D eigenvalue weighted by molar-refractivity contribution is 6.06. The van der Waals surface area contributed by atoms with Crippen molar-refractivity contribution in [1.29, 1.82) is 0 Å². The monoisotopic (exact) mass is 312 g/mol. The Morgan fingerprint density at radius 2 is 1.74 bits per heavy atom. The summed E-state index contributed by atoms with van der Waals surface area (Å²) >= 11 is 0. The standard InChI is InChI=1S/C19H24N2O2/c1-21(19(22)16-9-3-2-4-10-16)18-12-6-5-11-17(18)15-23-14-8-7-13-20/h2-6,9-12H,7-8,13-15,20H2,1H3. The van der Waals surface area contributed by atoms with Crippen LogP contribution in [0.5, 0.6) is 0 Å². The summed E-state index contributed by atoms with van der Waals surface area (Å²) in [6, 6.07) is 17.1. The molecule has 2 aromatic rings. The minimum atomic E-state index is -0.0267. The number of para-hydroxylation sites is 1. The van der Waals surface area contributed by atoms with Crippen molar-refractivity contribution in [2.24, 2.45) is 5.73 Å². The zero-order valence-electron chi connectivity index (χ0n) is 13.6. The van der Waals surface area contributed by atoms with E-state index in [4.69, 9.17) is 10.5 Å². The molecule has 2 rings (SSSR count). The molecule has 0 atom stereocenters. The van der Waals surface area contributed by atoms with E-state index >= 15 is 0 Å². The zero-order valence-corrected chi connectivity index (χ0v) is 13.6. The van der Waals surface area contributed by atoms with E-state index < -0.39 is 0 Å². The molecule has 2 N–H and O–H groups in total. The lowest BCUT2D eigenvalue weighted by Crippen LogP contribution is -2.27.